The van der Waals surface area contributed by atoms with Crippen molar-refractivity contribution in [1.82, 2.24) is 15.6 Å². The molecule has 29 heavy (non-hydrogen) atoms. The SMILES string of the molecule is CCOC(=O)[C@@H](CNC(=O)OC(C)(C)C)NCC1CCN(c2ccncc2)CC1. The van der Waals surface area contributed by atoms with E-state index < -0.39 is 17.7 Å². The monoisotopic (exact) mass is 406 g/mol. The van der Waals surface area contributed by atoms with Crippen molar-refractivity contribution in [2.45, 2.75) is 52.2 Å². The van der Waals surface area contributed by atoms with Gasteiger partial charge in [-0.2, -0.15) is 0 Å². The highest BCUT2D eigenvalue weighted by molar-refractivity contribution is 5.77. The second-order valence-electron chi connectivity index (χ2n) is 8.23. The number of pyridine rings is 1. The second-order valence-corrected chi connectivity index (χ2v) is 8.23. The highest BCUT2D eigenvalue weighted by atomic mass is 16.6. The van der Waals surface area contributed by atoms with Crippen LogP contribution in [-0.2, 0) is 14.3 Å². The van der Waals surface area contributed by atoms with Gasteiger partial charge in [-0.3, -0.25) is 9.78 Å². The topological polar surface area (TPSA) is 92.8 Å². The number of esters is 1. The minimum Gasteiger partial charge on any atom is -0.465 e. The third-order valence-corrected chi connectivity index (χ3v) is 4.72. The van der Waals surface area contributed by atoms with E-state index in [1.54, 1.807) is 27.7 Å². The Morgan fingerprint density at radius 3 is 2.48 bits per heavy atom. The van der Waals surface area contributed by atoms with Crippen LogP contribution in [0.25, 0.3) is 0 Å². The fourth-order valence-corrected chi connectivity index (χ4v) is 3.24. The minimum absolute atomic E-state index is 0.129. The van der Waals surface area contributed by atoms with Crippen LogP contribution in [0.15, 0.2) is 24.5 Å². The van der Waals surface area contributed by atoms with Gasteiger partial charge in [-0.25, -0.2) is 4.79 Å². The number of nitrogens with zero attached hydrogens (tertiary/aromatic N) is 2. The zero-order valence-electron chi connectivity index (χ0n) is 17.9. The molecular formula is C21H34N4O4. The molecule has 8 heteroatoms. The maximum atomic E-state index is 12.3. The Kier molecular flexibility index (Phi) is 8.70. The normalized spacial score (nSPS) is 16.2. The van der Waals surface area contributed by atoms with Crippen molar-refractivity contribution >= 4 is 17.7 Å². The smallest absolute Gasteiger partial charge is 0.407 e. The number of anilines is 1. The Labute approximate surface area is 173 Å². The third-order valence-electron chi connectivity index (χ3n) is 4.72. The molecule has 1 atom stereocenters. The van der Waals surface area contributed by atoms with E-state index in [1.807, 2.05) is 24.5 Å². The Balaban J connectivity index is 1.80. The van der Waals surface area contributed by atoms with Crippen LogP contribution in [0.5, 0.6) is 0 Å². The number of rotatable bonds is 8. The zero-order valence-corrected chi connectivity index (χ0v) is 17.9. The molecule has 0 bridgehead atoms. The maximum absolute atomic E-state index is 12.3. The predicted molar refractivity (Wildman–Crippen MR) is 112 cm³/mol. The van der Waals surface area contributed by atoms with Crippen molar-refractivity contribution in [3.8, 4) is 0 Å². The van der Waals surface area contributed by atoms with Crippen LogP contribution in [-0.4, -0.2) is 61.5 Å². The van der Waals surface area contributed by atoms with Gasteiger partial charge in [0.1, 0.15) is 11.6 Å². The molecular weight excluding hydrogens is 372 g/mol. The first-order valence-corrected chi connectivity index (χ1v) is 10.3. The summed E-state index contributed by atoms with van der Waals surface area (Å²) in [4.78, 5) is 30.6. The Morgan fingerprint density at radius 1 is 1.24 bits per heavy atom. The van der Waals surface area contributed by atoms with Crippen LogP contribution < -0.4 is 15.5 Å². The van der Waals surface area contributed by atoms with E-state index in [9.17, 15) is 9.59 Å². The molecule has 1 aliphatic heterocycles. The van der Waals surface area contributed by atoms with Gasteiger partial charge in [0.15, 0.2) is 0 Å². The van der Waals surface area contributed by atoms with E-state index in [2.05, 4.69) is 20.5 Å². The molecule has 1 amide bonds. The van der Waals surface area contributed by atoms with Gasteiger partial charge < -0.3 is 25.0 Å². The van der Waals surface area contributed by atoms with E-state index in [4.69, 9.17) is 9.47 Å². The van der Waals surface area contributed by atoms with Crippen molar-refractivity contribution in [1.29, 1.82) is 0 Å². The predicted octanol–water partition coefficient (Wildman–Crippen LogP) is 2.34. The number of ether oxygens (including phenoxy) is 2. The average molecular weight is 407 g/mol. The summed E-state index contributed by atoms with van der Waals surface area (Å²) in [5.74, 6) is 0.101. The number of nitrogens with one attached hydrogen (secondary N) is 2. The van der Waals surface area contributed by atoms with Crippen LogP contribution >= 0.6 is 0 Å². The lowest BCUT2D eigenvalue weighted by Crippen LogP contribution is -2.49. The molecule has 8 nitrogen and oxygen atoms in total. The summed E-state index contributed by atoms with van der Waals surface area (Å²) in [6, 6.07) is 3.45. The van der Waals surface area contributed by atoms with Gasteiger partial charge in [-0.15, -0.1) is 0 Å². The van der Waals surface area contributed by atoms with Crippen LogP contribution in [0, 0.1) is 5.92 Å². The van der Waals surface area contributed by atoms with Crippen LogP contribution in [0.4, 0.5) is 10.5 Å². The molecule has 2 N–H and O–H groups in total. The number of aromatic nitrogens is 1. The number of piperidine rings is 1. The van der Waals surface area contributed by atoms with E-state index in [1.165, 1.54) is 5.69 Å². The molecule has 2 rings (SSSR count). The number of hydrogen-bond acceptors (Lipinski definition) is 7. The summed E-state index contributed by atoms with van der Waals surface area (Å²) in [5.41, 5.74) is 0.608. The lowest BCUT2D eigenvalue weighted by atomic mass is 9.96. The zero-order chi connectivity index (χ0) is 21.3. The highest BCUT2D eigenvalue weighted by Crippen LogP contribution is 2.22. The molecule has 1 aromatic heterocycles. The van der Waals surface area contributed by atoms with Crippen LogP contribution in [0.2, 0.25) is 0 Å². The molecule has 0 spiro atoms. The lowest BCUT2D eigenvalue weighted by molar-refractivity contribution is -0.145. The van der Waals surface area contributed by atoms with Crippen molar-refractivity contribution in [3.05, 3.63) is 24.5 Å². The highest BCUT2D eigenvalue weighted by Gasteiger charge is 2.25. The number of hydrogen-bond donors (Lipinski definition) is 2. The standard InChI is InChI=1S/C21H34N4O4/c1-5-28-19(26)18(15-24-20(27)29-21(2,3)4)23-14-16-8-12-25(13-9-16)17-6-10-22-11-7-17/h6-7,10-11,16,18,23H,5,8-9,12-15H2,1-4H3,(H,24,27)/t18-/m1/s1. The van der Waals surface area contributed by atoms with Gasteiger partial charge in [0.25, 0.3) is 0 Å². The lowest BCUT2D eigenvalue weighted by Gasteiger charge is -2.34. The number of carbonyl (C=O) groups is 2. The number of amides is 1. The molecule has 0 radical (unpaired) electrons. The van der Waals surface area contributed by atoms with Gasteiger partial charge in [0.2, 0.25) is 0 Å². The molecule has 0 aliphatic carbocycles. The van der Waals surface area contributed by atoms with Crippen LogP contribution in [0.1, 0.15) is 40.5 Å². The third kappa shape index (κ3) is 8.27. The Bertz CT molecular complexity index is 640. The van der Waals surface area contributed by atoms with Crippen molar-refractivity contribution in [2.24, 2.45) is 5.92 Å². The summed E-state index contributed by atoms with van der Waals surface area (Å²) >= 11 is 0. The summed E-state index contributed by atoms with van der Waals surface area (Å²) in [5, 5.41) is 5.93. The van der Waals surface area contributed by atoms with E-state index in [0.717, 1.165) is 25.9 Å². The Morgan fingerprint density at radius 2 is 1.90 bits per heavy atom. The van der Waals surface area contributed by atoms with Gasteiger partial charge in [0, 0.05) is 37.7 Å². The van der Waals surface area contributed by atoms with Crippen molar-refractivity contribution in [3.63, 3.8) is 0 Å². The average Bonchev–Trinajstić information content (AvgIpc) is 2.68. The van der Waals surface area contributed by atoms with E-state index in [-0.39, 0.29) is 12.5 Å². The van der Waals surface area contributed by atoms with E-state index >= 15 is 0 Å². The van der Waals surface area contributed by atoms with Gasteiger partial charge in [-0.05, 0) is 65.1 Å². The molecule has 162 valence electrons. The second kappa shape index (κ2) is 11.0. The minimum atomic E-state index is -0.597. The maximum Gasteiger partial charge on any atom is 0.407 e. The summed E-state index contributed by atoms with van der Waals surface area (Å²) < 4.78 is 10.4. The van der Waals surface area contributed by atoms with Crippen molar-refractivity contribution in [2.75, 3.05) is 37.7 Å². The molecule has 0 aromatic carbocycles. The fourth-order valence-electron chi connectivity index (χ4n) is 3.24. The first-order valence-electron chi connectivity index (χ1n) is 10.3. The van der Waals surface area contributed by atoms with Crippen molar-refractivity contribution < 1.29 is 19.1 Å². The summed E-state index contributed by atoms with van der Waals surface area (Å²) in [6.45, 7) is 10.2. The largest absolute Gasteiger partial charge is 0.465 e. The molecule has 1 aliphatic rings. The molecule has 0 saturated carbocycles. The number of alkyl carbamates (subject to hydrolysis) is 1. The molecule has 1 saturated heterocycles. The first kappa shape index (κ1) is 22.9. The van der Waals surface area contributed by atoms with Gasteiger partial charge >= 0.3 is 12.1 Å². The van der Waals surface area contributed by atoms with Crippen LogP contribution in [0.3, 0.4) is 0 Å². The van der Waals surface area contributed by atoms with Gasteiger partial charge in [0.05, 0.1) is 6.61 Å². The Hall–Kier alpha value is -2.35. The first-order chi connectivity index (χ1) is 13.8. The van der Waals surface area contributed by atoms with E-state index in [0.29, 0.717) is 19.1 Å². The molecule has 1 fully saturated rings. The van der Waals surface area contributed by atoms with Gasteiger partial charge in [-0.1, -0.05) is 0 Å². The summed E-state index contributed by atoms with van der Waals surface area (Å²) in [6.07, 6.45) is 5.14. The number of carbonyl (C=O) groups excluding carboxylic acids is 2. The molecule has 1 aromatic rings. The molecule has 2 heterocycles. The fraction of sp³-hybridized carbons (Fsp3) is 0.667. The quantitative estimate of drug-likeness (QED) is 0.640. The molecule has 0 unspecified atom stereocenters. The summed E-state index contributed by atoms with van der Waals surface area (Å²) in [7, 11) is 0.